The number of primary amides is 1. The lowest BCUT2D eigenvalue weighted by Crippen LogP contribution is -2.20. The molecular weight excluding hydrogens is 388 g/mol. The Bertz CT molecular complexity index is 860. The highest BCUT2D eigenvalue weighted by molar-refractivity contribution is 6.30. The molecule has 0 spiro atoms. The van der Waals surface area contributed by atoms with Crippen LogP contribution in [0.25, 0.3) is 0 Å². The van der Waals surface area contributed by atoms with Crippen LogP contribution < -0.4 is 15.8 Å². The third-order valence-electron chi connectivity index (χ3n) is 3.69. The monoisotopic (exact) mass is 408 g/mol. The van der Waals surface area contributed by atoms with Gasteiger partial charge in [0.15, 0.2) is 0 Å². The van der Waals surface area contributed by atoms with Crippen molar-refractivity contribution in [2.24, 2.45) is 5.73 Å². The van der Waals surface area contributed by atoms with Gasteiger partial charge in [-0.25, -0.2) is 4.79 Å². The van der Waals surface area contributed by atoms with Crippen molar-refractivity contribution in [1.29, 1.82) is 0 Å². The average molecular weight is 409 g/mol. The maximum atomic E-state index is 12.1. The number of carbonyl (C=O) groups is 3. The van der Waals surface area contributed by atoms with Gasteiger partial charge in [-0.1, -0.05) is 11.6 Å². The minimum absolute atomic E-state index is 0.0873. The first-order chi connectivity index (χ1) is 13.3. The number of aryl methyl sites for hydroxylation is 1. The fourth-order valence-electron chi connectivity index (χ4n) is 2.46. The highest BCUT2D eigenvalue weighted by Gasteiger charge is 2.28. The zero-order valence-corrected chi connectivity index (χ0v) is 16.3. The third kappa shape index (κ3) is 5.50. The highest BCUT2D eigenvalue weighted by atomic mass is 35.5. The molecule has 2 amide bonds. The minimum Gasteiger partial charge on any atom is -0.494 e. The maximum absolute atomic E-state index is 12.1. The number of nitrogens with two attached hydrogens (primary N) is 1. The smallest absolute Gasteiger partial charge is 0.342 e. The van der Waals surface area contributed by atoms with Crippen LogP contribution in [0.4, 0.5) is 5.88 Å². The van der Waals surface area contributed by atoms with Gasteiger partial charge in [0.05, 0.1) is 13.2 Å². The van der Waals surface area contributed by atoms with E-state index in [2.05, 4.69) is 5.32 Å². The molecule has 0 fully saturated rings. The fraction of sp³-hybridized carbons (Fsp3) is 0.316. The van der Waals surface area contributed by atoms with Crippen molar-refractivity contribution < 1.29 is 28.3 Å². The molecule has 0 atom stereocenters. The summed E-state index contributed by atoms with van der Waals surface area (Å²) in [5.74, 6) is -1.45. The zero-order chi connectivity index (χ0) is 20.7. The van der Waals surface area contributed by atoms with Crippen LogP contribution in [0.3, 0.4) is 0 Å². The Balaban J connectivity index is 1.95. The molecule has 0 bridgehead atoms. The summed E-state index contributed by atoms with van der Waals surface area (Å²) in [6, 6.07) is 6.86. The molecule has 9 heteroatoms. The molecule has 0 unspecified atom stereocenters. The van der Waals surface area contributed by atoms with Gasteiger partial charge in [0.25, 0.3) is 5.91 Å². The Hall–Kier alpha value is -3.00. The van der Waals surface area contributed by atoms with E-state index in [0.717, 1.165) is 0 Å². The number of carbonyl (C=O) groups excluding carboxylic acids is 3. The Kier molecular flexibility index (Phi) is 7.45. The lowest BCUT2D eigenvalue weighted by Gasteiger charge is -2.07. The van der Waals surface area contributed by atoms with E-state index in [9.17, 15) is 14.4 Å². The van der Waals surface area contributed by atoms with Gasteiger partial charge in [-0.05, 0) is 44.5 Å². The summed E-state index contributed by atoms with van der Waals surface area (Å²) < 4.78 is 15.8. The van der Waals surface area contributed by atoms with Crippen LogP contribution >= 0.6 is 11.6 Å². The highest BCUT2D eigenvalue weighted by Crippen LogP contribution is 2.27. The summed E-state index contributed by atoms with van der Waals surface area (Å²) in [4.78, 5) is 35.9. The molecule has 1 aromatic heterocycles. The summed E-state index contributed by atoms with van der Waals surface area (Å²) in [5, 5.41) is 3.07. The molecule has 150 valence electrons. The van der Waals surface area contributed by atoms with Crippen molar-refractivity contribution in [3.8, 4) is 5.75 Å². The van der Waals surface area contributed by atoms with Gasteiger partial charge in [0, 0.05) is 11.4 Å². The predicted molar refractivity (Wildman–Crippen MR) is 103 cm³/mol. The van der Waals surface area contributed by atoms with Gasteiger partial charge in [-0.15, -0.1) is 0 Å². The number of rotatable bonds is 9. The number of benzene rings is 1. The van der Waals surface area contributed by atoms with E-state index in [4.69, 9.17) is 31.2 Å². The normalized spacial score (nSPS) is 10.4. The van der Waals surface area contributed by atoms with Gasteiger partial charge < -0.3 is 19.6 Å². The first kappa shape index (κ1) is 21.3. The molecule has 1 heterocycles. The maximum Gasteiger partial charge on any atom is 0.342 e. The van der Waals surface area contributed by atoms with Crippen molar-refractivity contribution in [2.75, 3.05) is 18.5 Å². The summed E-state index contributed by atoms with van der Waals surface area (Å²) in [6.07, 6.45) is 0.533. The predicted octanol–water partition coefficient (Wildman–Crippen LogP) is 3.31. The van der Waals surface area contributed by atoms with Gasteiger partial charge in [-0.2, -0.15) is 0 Å². The van der Waals surface area contributed by atoms with Crippen molar-refractivity contribution in [3.63, 3.8) is 0 Å². The Morgan fingerprint density at radius 3 is 2.46 bits per heavy atom. The van der Waals surface area contributed by atoms with Crippen LogP contribution in [-0.2, 0) is 9.53 Å². The van der Waals surface area contributed by atoms with Crippen LogP contribution in [0.5, 0.6) is 5.75 Å². The first-order valence-corrected chi connectivity index (χ1v) is 8.99. The number of amides is 2. The lowest BCUT2D eigenvalue weighted by atomic mass is 10.1. The van der Waals surface area contributed by atoms with E-state index in [1.165, 1.54) is 6.92 Å². The fourth-order valence-corrected chi connectivity index (χ4v) is 2.59. The van der Waals surface area contributed by atoms with Crippen molar-refractivity contribution in [2.45, 2.75) is 26.7 Å². The number of anilines is 1. The van der Waals surface area contributed by atoms with Gasteiger partial charge in [0.1, 0.15) is 22.6 Å². The van der Waals surface area contributed by atoms with Crippen LogP contribution in [-0.4, -0.2) is 31.0 Å². The number of halogens is 1. The number of esters is 1. The molecule has 0 aliphatic heterocycles. The van der Waals surface area contributed by atoms with Crippen molar-refractivity contribution in [3.05, 3.63) is 46.2 Å². The van der Waals surface area contributed by atoms with E-state index in [1.807, 2.05) is 0 Å². The largest absolute Gasteiger partial charge is 0.494 e. The molecule has 0 saturated carbocycles. The van der Waals surface area contributed by atoms with Crippen LogP contribution in [0, 0.1) is 6.92 Å². The number of ether oxygens (including phenoxy) is 2. The van der Waals surface area contributed by atoms with E-state index in [0.29, 0.717) is 23.8 Å². The van der Waals surface area contributed by atoms with Crippen molar-refractivity contribution >= 4 is 35.3 Å². The SMILES string of the molecule is CCOC(=O)c1c(C)oc(NC(=O)CCCOc2ccc(Cl)cc2)c1C(N)=O. The first-order valence-electron chi connectivity index (χ1n) is 8.62. The minimum atomic E-state index is -0.902. The molecule has 2 rings (SSSR count). The van der Waals surface area contributed by atoms with E-state index in [-0.39, 0.29) is 35.8 Å². The summed E-state index contributed by atoms with van der Waals surface area (Å²) in [6.45, 7) is 3.54. The van der Waals surface area contributed by atoms with Crippen LogP contribution in [0.2, 0.25) is 5.02 Å². The molecule has 28 heavy (non-hydrogen) atoms. The molecule has 0 aliphatic rings. The summed E-state index contributed by atoms with van der Waals surface area (Å²) in [7, 11) is 0. The quantitative estimate of drug-likeness (QED) is 0.485. The number of furan rings is 1. The Labute approximate surface area is 166 Å². The topological polar surface area (TPSA) is 121 Å². The standard InChI is InChI=1S/C19H21ClN2O6/c1-3-26-19(25)15-11(2)28-18(16(15)17(21)24)22-14(23)5-4-10-27-13-8-6-12(20)7-9-13/h6-9H,3-5,10H2,1-2H3,(H2,21,24)(H,22,23). The number of hydrogen-bond acceptors (Lipinski definition) is 6. The van der Waals surface area contributed by atoms with Crippen LogP contribution in [0.1, 0.15) is 46.2 Å². The lowest BCUT2D eigenvalue weighted by molar-refractivity contribution is -0.116. The second kappa shape index (κ2) is 9.80. The van der Waals surface area contributed by atoms with E-state index < -0.39 is 17.8 Å². The summed E-state index contributed by atoms with van der Waals surface area (Å²) >= 11 is 5.80. The van der Waals surface area contributed by atoms with Gasteiger partial charge >= 0.3 is 5.97 Å². The number of nitrogens with one attached hydrogen (secondary N) is 1. The molecule has 3 N–H and O–H groups in total. The van der Waals surface area contributed by atoms with E-state index >= 15 is 0 Å². The second-order valence-corrected chi connectivity index (χ2v) is 6.21. The van der Waals surface area contributed by atoms with E-state index in [1.54, 1.807) is 31.2 Å². The number of hydrogen-bond donors (Lipinski definition) is 2. The molecule has 2 aromatic rings. The van der Waals surface area contributed by atoms with Crippen molar-refractivity contribution in [1.82, 2.24) is 0 Å². The second-order valence-electron chi connectivity index (χ2n) is 5.78. The Morgan fingerprint density at radius 2 is 1.86 bits per heavy atom. The van der Waals surface area contributed by atoms with Crippen LogP contribution in [0.15, 0.2) is 28.7 Å². The molecule has 8 nitrogen and oxygen atoms in total. The molecule has 1 aromatic carbocycles. The zero-order valence-electron chi connectivity index (χ0n) is 15.5. The Morgan fingerprint density at radius 1 is 1.18 bits per heavy atom. The molecule has 0 saturated heterocycles. The molecular formula is C19H21ClN2O6. The summed E-state index contributed by atoms with van der Waals surface area (Å²) in [5.41, 5.74) is 5.05. The third-order valence-corrected chi connectivity index (χ3v) is 3.95. The van der Waals surface area contributed by atoms with Gasteiger partial charge in [-0.3, -0.25) is 14.9 Å². The average Bonchev–Trinajstić information content (AvgIpc) is 2.96. The molecule has 0 radical (unpaired) electrons. The van der Waals surface area contributed by atoms with Gasteiger partial charge in [0.2, 0.25) is 11.8 Å². The molecule has 0 aliphatic carbocycles.